The zero-order valence-corrected chi connectivity index (χ0v) is 14.5. The van der Waals surface area contributed by atoms with Crippen LogP contribution in [0.15, 0.2) is 0 Å². The predicted octanol–water partition coefficient (Wildman–Crippen LogP) is 1.76. The Hall–Kier alpha value is -1.18. The highest BCUT2D eigenvalue weighted by Gasteiger charge is 2.28. The molecular weight excluding hydrogens is 318 g/mol. The highest BCUT2D eigenvalue weighted by atomic mass is 35.5. The highest BCUT2D eigenvalue weighted by molar-refractivity contribution is 6.28. The van der Waals surface area contributed by atoms with Gasteiger partial charge in [-0.05, 0) is 24.4 Å². The molecule has 2 aliphatic heterocycles. The molecule has 7 nitrogen and oxygen atoms in total. The third-order valence-corrected chi connectivity index (χ3v) is 4.66. The summed E-state index contributed by atoms with van der Waals surface area (Å²) in [5.41, 5.74) is 0. The van der Waals surface area contributed by atoms with E-state index in [0.717, 1.165) is 25.9 Å². The van der Waals surface area contributed by atoms with Gasteiger partial charge in [0.15, 0.2) is 0 Å². The number of nitrogens with zero attached hydrogens (tertiary/aromatic N) is 5. The molecule has 23 heavy (non-hydrogen) atoms. The summed E-state index contributed by atoms with van der Waals surface area (Å²) in [5.74, 6) is 1.30. The minimum absolute atomic E-state index is 0.243. The Morgan fingerprint density at radius 2 is 1.39 bits per heavy atom. The van der Waals surface area contributed by atoms with E-state index in [0.29, 0.717) is 38.3 Å². The predicted molar refractivity (Wildman–Crippen MR) is 89.3 cm³/mol. The van der Waals surface area contributed by atoms with Crippen molar-refractivity contribution in [1.29, 1.82) is 0 Å². The van der Waals surface area contributed by atoms with Crippen LogP contribution < -0.4 is 9.80 Å². The quantitative estimate of drug-likeness (QED) is 0.826. The Morgan fingerprint density at radius 1 is 0.913 bits per heavy atom. The van der Waals surface area contributed by atoms with Gasteiger partial charge in [-0.3, -0.25) is 0 Å². The van der Waals surface area contributed by atoms with Crippen LogP contribution >= 0.6 is 11.6 Å². The van der Waals surface area contributed by atoms with Crippen LogP contribution in [-0.2, 0) is 9.47 Å². The summed E-state index contributed by atoms with van der Waals surface area (Å²) in [4.78, 5) is 17.8. The minimum Gasteiger partial charge on any atom is -0.377 e. The summed E-state index contributed by atoms with van der Waals surface area (Å²) < 4.78 is 11.1. The van der Waals surface area contributed by atoms with E-state index < -0.39 is 0 Å². The Morgan fingerprint density at radius 3 is 1.83 bits per heavy atom. The second-order valence-corrected chi connectivity index (χ2v) is 6.20. The lowest BCUT2D eigenvalue weighted by Crippen LogP contribution is -2.48. The molecule has 0 aliphatic carbocycles. The molecule has 3 heterocycles. The van der Waals surface area contributed by atoms with E-state index in [4.69, 9.17) is 26.1 Å². The van der Waals surface area contributed by atoms with Gasteiger partial charge in [0.1, 0.15) is 0 Å². The number of rotatable bonds is 4. The first kappa shape index (κ1) is 16.7. The molecule has 128 valence electrons. The monoisotopic (exact) mass is 341 g/mol. The third-order valence-electron chi connectivity index (χ3n) is 4.50. The molecule has 0 spiro atoms. The van der Waals surface area contributed by atoms with Crippen molar-refractivity contribution in [2.45, 2.75) is 38.8 Å². The SMILES string of the molecule is CC[C@@H]1COCCN1c1nc(Cl)nc(N2CCOC[C@H]2CC)n1. The molecule has 2 saturated heterocycles. The van der Waals surface area contributed by atoms with Crippen LogP contribution in [0.2, 0.25) is 5.28 Å². The number of halogens is 1. The summed E-state index contributed by atoms with van der Waals surface area (Å²) in [6.45, 7) is 8.61. The number of anilines is 2. The molecular formula is C15H24ClN5O2. The highest BCUT2D eigenvalue weighted by Crippen LogP contribution is 2.24. The van der Waals surface area contributed by atoms with Gasteiger partial charge in [0, 0.05) is 13.1 Å². The molecule has 3 rings (SSSR count). The van der Waals surface area contributed by atoms with E-state index in [9.17, 15) is 0 Å². The van der Waals surface area contributed by atoms with Crippen molar-refractivity contribution in [3.05, 3.63) is 5.28 Å². The molecule has 2 fully saturated rings. The Labute approximate surface area is 142 Å². The fourth-order valence-electron chi connectivity index (χ4n) is 3.10. The van der Waals surface area contributed by atoms with E-state index in [1.54, 1.807) is 0 Å². The van der Waals surface area contributed by atoms with Crippen molar-refractivity contribution < 1.29 is 9.47 Å². The van der Waals surface area contributed by atoms with Crippen LogP contribution in [0.25, 0.3) is 0 Å². The lowest BCUT2D eigenvalue weighted by Gasteiger charge is -2.37. The van der Waals surface area contributed by atoms with E-state index in [1.165, 1.54) is 0 Å². The normalized spacial score (nSPS) is 25.7. The second-order valence-electron chi connectivity index (χ2n) is 5.87. The molecule has 8 heteroatoms. The summed E-state index contributed by atoms with van der Waals surface area (Å²) in [5, 5.41) is 0.243. The molecule has 1 aromatic heterocycles. The van der Waals surface area contributed by atoms with Gasteiger partial charge in [0.25, 0.3) is 0 Å². The average Bonchev–Trinajstić information content (AvgIpc) is 2.61. The van der Waals surface area contributed by atoms with Gasteiger partial charge in [0.05, 0.1) is 38.5 Å². The molecule has 0 N–H and O–H groups in total. The van der Waals surface area contributed by atoms with Crippen molar-refractivity contribution >= 4 is 23.5 Å². The zero-order chi connectivity index (χ0) is 16.2. The number of ether oxygens (including phenoxy) is 2. The molecule has 1 aromatic rings. The first-order valence-electron chi connectivity index (χ1n) is 8.33. The molecule has 0 radical (unpaired) electrons. The number of hydrogen-bond acceptors (Lipinski definition) is 7. The maximum absolute atomic E-state index is 6.19. The van der Waals surface area contributed by atoms with E-state index in [1.807, 2.05) is 0 Å². The van der Waals surface area contributed by atoms with Crippen molar-refractivity contribution in [3.63, 3.8) is 0 Å². The Balaban J connectivity index is 1.89. The van der Waals surface area contributed by atoms with Crippen LogP contribution in [0.4, 0.5) is 11.9 Å². The molecule has 2 aliphatic rings. The lowest BCUT2D eigenvalue weighted by molar-refractivity contribution is 0.0909. The summed E-state index contributed by atoms with van der Waals surface area (Å²) in [7, 11) is 0. The van der Waals surface area contributed by atoms with Crippen molar-refractivity contribution in [2.75, 3.05) is 49.3 Å². The maximum Gasteiger partial charge on any atom is 0.231 e. The maximum atomic E-state index is 6.19. The first-order valence-corrected chi connectivity index (χ1v) is 8.71. The molecule has 2 atom stereocenters. The zero-order valence-electron chi connectivity index (χ0n) is 13.7. The van der Waals surface area contributed by atoms with Crippen LogP contribution in [-0.4, -0.2) is 66.6 Å². The van der Waals surface area contributed by atoms with Gasteiger partial charge in [-0.25, -0.2) is 0 Å². The van der Waals surface area contributed by atoms with Crippen molar-refractivity contribution in [1.82, 2.24) is 15.0 Å². The first-order chi connectivity index (χ1) is 11.2. The fraction of sp³-hybridized carbons (Fsp3) is 0.800. The van der Waals surface area contributed by atoms with E-state index in [2.05, 4.69) is 33.6 Å². The summed E-state index contributed by atoms with van der Waals surface area (Å²) in [6, 6.07) is 0.559. The van der Waals surface area contributed by atoms with Gasteiger partial charge in [-0.2, -0.15) is 15.0 Å². The average molecular weight is 342 g/mol. The topological polar surface area (TPSA) is 63.6 Å². The van der Waals surface area contributed by atoms with Crippen LogP contribution in [0.3, 0.4) is 0 Å². The van der Waals surface area contributed by atoms with Gasteiger partial charge in [-0.15, -0.1) is 0 Å². The Kier molecular flexibility index (Phi) is 5.50. The van der Waals surface area contributed by atoms with Crippen LogP contribution in [0.5, 0.6) is 0 Å². The van der Waals surface area contributed by atoms with Crippen molar-refractivity contribution in [2.24, 2.45) is 0 Å². The number of aromatic nitrogens is 3. The molecule has 0 bridgehead atoms. The van der Waals surface area contributed by atoms with E-state index >= 15 is 0 Å². The van der Waals surface area contributed by atoms with Crippen LogP contribution in [0.1, 0.15) is 26.7 Å². The van der Waals surface area contributed by atoms with Gasteiger partial charge >= 0.3 is 0 Å². The lowest BCUT2D eigenvalue weighted by atomic mass is 10.2. The van der Waals surface area contributed by atoms with Crippen LogP contribution in [0, 0.1) is 0 Å². The molecule has 0 amide bonds. The number of morpholine rings is 2. The van der Waals surface area contributed by atoms with Crippen molar-refractivity contribution in [3.8, 4) is 0 Å². The standard InChI is InChI=1S/C15H24ClN5O2/c1-3-11-9-22-7-5-20(11)14-17-13(16)18-15(19-14)21-6-8-23-10-12(21)4-2/h11-12H,3-10H2,1-2H3/t11-,12-/m1/s1. The largest absolute Gasteiger partial charge is 0.377 e. The van der Waals surface area contributed by atoms with Gasteiger partial charge < -0.3 is 19.3 Å². The smallest absolute Gasteiger partial charge is 0.231 e. The third kappa shape index (κ3) is 3.67. The molecule has 0 aromatic carbocycles. The summed E-state index contributed by atoms with van der Waals surface area (Å²) in [6.07, 6.45) is 1.96. The Bertz CT molecular complexity index is 490. The molecule has 0 saturated carbocycles. The number of hydrogen-bond donors (Lipinski definition) is 0. The van der Waals surface area contributed by atoms with Gasteiger partial charge in [-0.1, -0.05) is 13.8 Å². The van der Waals surface area contributed by atoms with Gasteiger partial charge in [0.2, 0.25) is 17.2 Å². The fourth-order valence-corrected chi connectivity index (χ4v) is 3.25. The second kappa shape index (κ2) is 7.59. The summed E-state index contributed by atoms with van der Waals surface area (Å²) >= 11 is 6.19. The van der Waals surface area contributed by atoms with E-state index in [-0.39, 0.29) is 17.4 Å². The minimum atomic E-state index is 0.243. The molecule has 0 unspecified atom stereocenters.